The second-order valence-electron chi connectivity index (χ2n) is 6.43. The van der Waals surface area contributed by atoms with Gasteiger partial charge in [0, 0.05) is 23.2 Å². The molecule has 4 nitrogen and oxygen atoms in total. The molecule has 0 amide bonds. The molecule has 20 heavy (non-hydrogen) atoms. The average molecular weight is 272 g/mol. The summed E-state index contributed by atoms with van der Waals surface area (Å²) in [4.78, 5) is 4.88. The topological polar surface area (TPSA) is 56.2 Å². The van der Waals surface area contributed by atoms with Gasteiger partial charge in [-0.25, -0.2) is 4.98 Å². The Morgan fingerprint density at radius 1 is 1.25 bits per heavy atom. The van der Waals surface area contributed by atoms with Crippen LogP contribution in [0.15, 0.2) is 12.3 Å². The first-order valence-corrected chi connectivity index (χ1v) is 7.72. The number of aromatic nitrogens is 3. The molecule has 2 aromatic heterocycles. The number of anilines is 1. The van der Waals surface area contributed by atoms with E-state index in [1.807, 2.05) is 12.3 Å². The number of rotatable bonds is 3. The smallest absolute Gasteiger partial charge is 0.161 e. The van der Waals surface area contributed by atoms with Crippen molar-refractivity contribution in [2.45, 2.75) is 58.3 Å². The standard InChI is InChI=1S/C16H24N4/c1-10(2)13-9-18-20-15(17)8-14(19-16(13)20)11(3)12-6-4-5-7-12/h8-12H,4-7,17H2,1-3H3. The van der Waals surface area contributed by atoms with E-state index in [1.54, 1.807) is 4.52 Å². The van der Waals surface area contributed by atoms with Crippen molar-refractivity contribution in [2.75, 3.05) is 5.73 Å². The molecule has 3 rings (SSSR count). The fourth-order valence-electron chi connectivity index (χ4n) is 3.36. The molecule has 1 aliphatic rings. The van der Waals surface area contributed by atoms with Crippen LogP contribution in [0.2, 0.25) is 0 Å². The minimum absolute atomic E-state index is 0.413. The van der Waals surface area contributed by atoms with Crippen LogP contribution in [0.25, 0.3) is 5.65 Å². The largest absolute Gasteiger partial charge is 0.384 e. The van der Waals surface area contributed by atoms with Crippen molar-refractivity contribution in [3.63, 3.8) is 0 Å². The predicted octanol–water partition coefficient (Wildman–Crippen LogP) is 3.73. The highest BCUT2D eigenvalue weighted by Gasteiger charge is 2.25. The summed E-state index contributed by atoms with van der Waals surface area (Å²) in [7, 11) is 0. The lowest BCUT2D eigenvalue weighted by Crippen LogP contribution is -2.11. The van der Waals surface area contributed by atoms with E-state index in [0.29, 0.717) is 17.7 Å². The third-order valence-electron chi connectivity index (χ3n) is 4.74. The Hall–Kier alpha value is -1.58. The van der Waals surface area contributed by atoms with E-state index in [0.717, 1.165) is 17.3 Å². The van der Waals surface area contributed by atoms with Crippen molar-refractivity contribution in [1.82, 2.24) is 14.6 Å². The van der Waals surface area contributed by atoms with Crippen LogP contribution in [0.5, 0.6) is 0 Å². The highest BCUT2D eigenvalue weighted by atomic mass is 15.3. The van der Waals surface area contributed by atoms with Crippen molar-refractivity contribution in [2.24, 2.45) is 5.92 Å². The zero-order valence-corrected chi connectivity index (χ0v) is 12.6. The molecule has 1 atom stereocenters. The molecule has 1 aliphatic carbocycles. The predicted molar refractivity (Wildman–Crippen MR) is 81.9 cm³/mol. The highest BCUT2D eigenvalue weighted by molar-refractivity contribution is 5.54. The summed E-state index contributed by atoms with van der Waals surface area (Å²) in [6.07, 6.45) is 7.26. The first kappa shape index (κ1) is 13.4. The van der Waals surface area contributed by atoms with Crippen LogP contribution in [0.1, 0.15) is 69.5 Å². The van der Waals surface area contributed by atoms with Gasteiger partial charge in [0.15, 0.2) is 5.65 Å². The maximum Gasteiger partial charge on any atom is 0.161 e. The van der Waals surface area contributed by atoms with Crippen molar-refractivity contribution < 1.29 is 0 Å². The van der Waals surface area contributed by atoms with E-state index < -0.39 is 0 Å². The van der Waals surface area contributed by atoms with Gasteiger partial charge in [-0.1, -0.05) is 33.6 Å². The molecular weight excluding hydrogens is 248 g/mol. The van der Waals surface area contributed by atoms with Gasteiger partial charge in [-0.05, 0) is 24.7 Å². The zero-order chi connectivity index (χ0) is 14.3. The molecule has 0 radical (unpaired) electrons. The third kappa shape index (κ3) is 2.17. The molecule has 2 aromatic rings. The number of hydrogen-bond acceptors (Lipinski definition) is 3. The van der Waals surface area contributed by atoms with Gasteiger partial charge in [0.2, 0.25) is 0 Å². The maximum absolute atomic E-state index is 6.17. The first-order chi connectivity index (χ1) is 9.58. The lowest BCUT2D eigenvalue weighted by Gasteiger charge is -2.19. The molecule has 2 heterocycles. The maximum atomic E-state index is 6.17. The Balaban J connectivity index is 2.05. The van der Waals surface area contributed by atoms with Crippen molar-refractivity contribution in [3.8, 4) is 0 Å². The monoisotopic (exact) mass is 272 g/mol. The van der Waals surface area contributed by atoms with Crippen LogP contribution < -0.4 is 5.73 Å². The normalized spacial score (nSPS) is 18.2. The molecule has 1 saturated carbocycles. The number of hydrogen-bond donors (Lipinski definition) is 1. The van der Waals surface area contributed by atoms with Gasteiger partial charge >= 0.3 is 0 Å². The van der Waals surface area contributed by atoms with E-state index in [2.05, 4.69) is 25.9 Å². The first-order valence-electron chi connectivity index (χ1n) is 7.72. The molecule has 0 aliphatic heterocycles. The lowest BCUT2D eigenvalue weighted by molar-refractivity contribution is 0.453. The van der Waals surface area contributed by atoms with Gasteiger partial charge in [-0.3, -0.25) is 0 Å². The molecule has 4 heteroatoms. The minimum Gasteiger partial charge on any atom is -0.384 e. The van der Waals surface area contributed by atoms with E-state index in [9.17, 15) is 0 Å². The summed E-state index contributed by atoms with van der Waals surface area (Å²) >= 11 is 0. The van der Waals surface area contributed by atoms with E-state index in [1.165, 1.54) is 31.2 Å². The Labute approximate surface area is 120 Å². The van der Waals surface area contributed by atoms with Gasteiger partial charge in [0.05, 0.1) is 6.20 Å². The number of nitrogens with zero attached hydrogens (tertiary/aromatic N) is 3. The molecule has 1 fully saturated rings. The SMILES string of the molecule is CC(C)c1cnn2c(N)cc(C(C)C3CCCC3)nc12. The van der Waals surface area contributed by atoms with Crippen molar-refractivity contribution in [1.29, 1.82) is 0 Å². The van der Waals surface area contributed by atoms with Crippen LogP contribution in [0, 0.1) is 5.92 Å². The second kappa shape index (κ2) is 5.08. The highest BCUT2D eigenvalue weighted by Crippen LogP contribution is 2.37. The summed E-state index contributed by atoms with van der Waals surface area (Å²) in [5.41, 5.74) is 9.40. The van der Waals surface area contributed by atoms with Gasteiger partial charge in [-0.15, -0.1) is 0 Å². The molecule has 2 N–H and O–H groups in total. The second-order valence-corrected chi connectivity index (χ2v) is 6.43. The lowest BCUT2D eigenvalue weighted by atomic mass is 9.89. The van der Waals surface area contributed by atoms with Crippen LogP contribution in [-0.2, 0) is 0 Å². The van der Waals surface area contributed by atoms with Gasteiger partial charge in [0.25, 0.3) is 0 Å². The van der Waals surface area contributed by atoms with Gasteiger partial charge < -0.3 is 5.73 Å². The van der Waals surface area contributed by atoms with Crippen LogP contribution in [-0.4, -0.2) is 14.6 Å². The average Bonchev–Trinajstić information content (AvgIpc) is 3.06. The summed E-state index contributed by atoms with van der Waals surface area (Å²) in [5, 5.41) is 4.37. The van der Waals surface area contributed by atoms with Crippen LogP contribution >= 0.6 is 0 Å². The molecule has 0 saturated heterocycles. The molecule has 1 unspecified atom stereocenters. The summed E-state index contributed by atoms with van der Waals surface area (Å²) in [5.74, 6) is 2.35. The molecule has 0 spiro atoms. The summed E-state index contributed by atoms with van der Waals surface area (Å²) < 4.78 is 1.76. The molecule has 0 bridgehead atoms. The minimum atomic E-state index is 0.413. The third-order valence-corrected chi connectivity index (χ3v) is 4.74. The Morgan fingerprint density at radius 2 is 1.95 bits per heavy atom. The number of fused-ring (bicyclic) bond motifs is 1. The number of nitrogens with two attached hydrogens (primary N) is 1. The molecule has 0 aromatic carbocycles. The summed E-state index contributed by atoms with van der Waals surface area (Å²) in [6.45, 7) is 6.63. The van der Waals surface area contributed by atoms with Crippen molar-refractivity contribution >= 4 is 11.5 Å². The van der Waals surface area contributed by atoms with E-state index in [-0.39, 0.29) is 0 Å². The van der Waals surface area contributed by atoms with Gasteiger partial charge in [-0.2, -0.15) is 9.61 Å². The fraction of sp³-hybridized carbons (Fsp3) is 0.625. The van der Waals surface area contributed by atoms with Crippen molar-refractivity contribution in [3.05, 3.63) is 23.5 Å². The Morgan fingerprint density at radius 3 is 2.60 bits per heavy atom. The fourth-order valence-corrected chi connectivity index (χ4v) is 3.36. The van der Waals surface area contributed by atoms with Crippen LogP contribution in [0.4, 0.5) is 5.82 Å². The van der Waals surface area contributed by atoms with Crippen LogP contribution in [0.3, 0.4) is 0 Å². The van der Waals surface area contributed by atoms with Gasteiger partial charge in [0.1, 0.15) is 5.82 Å². The molecule has 108 valence electrons. The van der Waals surface area contributed by atoms with E-state index in [4.69, 9.17) is 10.7 Å². The Kier molecular flexibility index (Phi) is 3.40. The Bertz CT molecular complexity index is 608. The quantitative estimate of drug-likeness (QED) is 0.926. The summed E-state index contributed by atoms with van der Waals surface area (Å²) in [6, 6.07) is 2.01. The van der Waals surface area contributed by atoms with E-state index >= 15 is 0 Å². The number of nitrogen functional groups attached to an aromatic ring is 1. The molecular formula is C16H24N4. The zero-order valence-electron chi connectivity index (χ0n) is 12.6.